The molecule has 6 heteroatoms. The Morgan fingerprint density at radius 1 is 1.48 bits per heavy atom. The van der Waals surface area contributed by atoms with Gasteiger partial charge in [0.2, 0.25) is 0 Å². The second kappa shape index (κ2) is 6.55. The summed E-state index contributed by atoms with van der Waals surface area (Å²) in [4.78, 5) is 14.8. The predicted octanol–water partition coefficient (Wildman–Crippen LogP) is 4.07. The molecule has 0 atom stereocenters. The van der Waals surface area contributed by atoms with Gasteiger partial charge in [0.05, 0.1) is 5.02 Å². The zero-order valence-corrected chi connectivity index (χ0v) is 14.6. The first-order valence-electron chi connectivity index (χ1n) is 6.95. The summed E-state index contributed by atoms with van der Waals surface area (Å²) in [5, 5.41) is 9.76. The molecule has 1 aromatic rings. The molecule has 1 N–H and O–H groups in total. The van der Waals surface area contributed by atoms with Crippen LogP contribution in [0.25, 0.3) is 0 Å². The fourth-order valence-corrected chi connectivity index (χ4v) is 3.26. The molecule has 2 rings (SSSR count). The zero-order chi connectivity index (χ0) is 15.6. The third-order valence-corrected chi connectivity index (χ3v) is 5.95. The highest BCUT2D eigenvalue weighted by Gasteiger charge is 2.35. The number of halogens is 2. The number of rotatable bonds is 3. The van der Waals surface area contributed by atoms with Gasteiger partial charge < -0.3 is 10.0 Å². The van der Waals surface area contributed by atoms with Gasteiger partial charge in [0, 0.05) is 29.6 Å². The van der Waals surface area contributed by atoms with Crippen LogP contribution in [0.4, 0.5) is 4.79 Å². The number of hydrogen-bond donors (Lipinski definition) is 1. The van der Waals surface area contributed by atoms with Crippen molar-refractivity contribution >= 4 is 33.6 Å². The molecule has 1 fully saturated rings. The van der Waals surface area contributed by atoms with E-state index in [0.717, 1.165) is 29.4 Å². The third-order valence-electron chi connectivity index (χ3n) is 4.47. The van der Waals surface area contributed by atoms with Crippen LogP contribution in [-0.4, -0.2) is 46.7 Å². The van der Waals surface area contributed by atoms with Crippen molar-refractivity contribution in [1.82, 2.24) is 9.80 Å². The number of hydrogen-bond acceptors (Lipinski definition) is 2. The highest BCUT2D eigenvalue weighted by molar-refractivity contribution is 9.10. The molecule has 4 nitrogen and oxygen atoms in total. The molecule has 1 aliphatic heterocycles. The quantitative estimate of drug-likeness (QED) is 0.866. The van der Waals surface area contributed by atoms with Gasteiger partial charge in [0.1, 0.15) is 0 Å². The number of carboxylic acid groups (broad SMARTS) is 1. The van der Waals surface area contributed by atoms with E-state index in [9.17, 15) is 4.79 Å². The average Bonchev–Trinajstić information content (AvgIpc) is 2.44. The number of piperidine rings is 1. The van der Waals surface area contributed by atoms with Crippen LogP contribution in [0, 0.1) is 0 Å². The first-order valence-corrected chi connectivity index (χ1v) is 8.12. The monoisotopic (exact) mass is 374 g/mol. The van der Waals surface area contributed by atoms with Crippen LogP contribution in [0.15, 0.2) is 22.7 Å². The lowest BCUT2D eigenvalue weighted by Crippen LogP contribution is -2.52. The maximum Gasteiger partial charge on any atom is 0.407 e. The van der Waals surface area contributed by atoms with Crippen molar-refractivity contribution in [1.29, 1.82) is 0 Å². The maximum absolute atomic E-state index is 11.0. The van der Waals surface area contributed by atoms with Gasteiger partial charge in [0.15, 0.2) is 0 Å². The van der Waals surface area contributed by atoms with Gasteiger partial charge in [-0.3, -0.25) is 4.90 Å². The van der Waals surface area contributed by atoms with Crippen LogP contribution >= 0.6 is 27.5 Å². The number of benzene rings is 1. The fourth-order valence-electron chi connectivity index (χ4n) is 2.68. The van der Waals surface area contributed by atoms with E-state index in [0.29, 0.717) is 18.1 Å². The van der Waals surface area contributed by atoms with Crippen molar-refractivity contribution in [3.8, 4) is 0 Å². The highest BCUT2D eigenvalue weighted by Crippen LogP contribution is 2.32. The number of nitrogens with zero attached hydrogens (tertiary/aromatic N) is 2. The average molecular weight is 376 g/mol. The molecule has 1 amide bonds. The Morgan fingerprint density at radius 3 is 2.67 bits per heavy atom. The third kappa shape index (κ3) is 3.71. The minimum atomic E-state index is -0.822. The van der Waals surface area contributed by atoms with Crippen molar-refractivity contribution in [3.63, 3.8) is 0 Å². The van der Waals surface area contributed by atoms with E-state index in [-0.39, 0.29) is 5.54 Å². The van der Waals surface area contributed by atoms with Crippen LogP contribution in [0.2, 0.25) is 5.02 Å². The first-order chi connectivity index (χ1) is 9.83. The normalized spacial score (nSPS) is 18.0. The molecule has 1 saturated heterocycles. The Morgan fingerprint density at radius 2 is 2.10 bits per heavy atom. The van der Waals surface area contributed by atoms with Crippen LogP contribution in [0.3, 0.4) is 0 Å². The summed E-state index contributed by atoms with van der Waals surface area (Å²) in [6, 6.07) is 5.87. The lowest BCUT2D eigenvalue weighted by molar-refractivity contribution is 0.0479. The summed E-state index contributed by atoms with van der Waals surface area (Å²) in [5.41, 5.74) is 1.15. The second-order valence-corrected chi connectivity index (χ2v) is 7.04. The Balaban J connectivity index is 2.05. The smallest absolute Gasteiger partial charge is 0.407 e. The Bertz CT molecular complexity index is 530. The summed E-state index contributed by atoms with van der Waals surface area (Å²) in [7, 11) is 2.09. The zero-order valence-electron chi connectivity index (χ0n) is 12.3. The van der Waals surface area contributed by atoms with Crippen molar-refractivity contribution in [2.45, 2.75) is 31.8 Å². The van der Waals surface area contributed by atoms with E-state index in [1.165, 1.54) is 4.90 Å². The summed E-state index contributed by atoms with van der Waals surface area (Å²) in [6.07, 6.45) is 0.861. The van der Waals surface area contributed by atoms with Crippen molar-refractivity contribution in [2.24, 2.45) is 0 Å². The van der Waals surface area contributed by atoms with Crippen molar-refractivity contribution in [2.75, 3.05) is 20.1 Å². The Kier molecular flexibility index (Phi) is 5.17. The van der Waals surface area contributed by atoms with Gasteiger partial charge in [0.25, 0.3) is 0 Å². The molecule has 0 aliphatic carbocycles. The standard InChI is InChI=1S/C15H20BrClN2O2/c1-15(6-8-19(9-7-15)14(20)21)18(2)10-11-4-3-5-12(17)13(11)16/h3-5H,6-10H2,1-2H3,(H,20,21). The number of likely N-dealkylation sites (tertiary alicyclic amines) is 1. The summed E-state index contributed by atoms with van der Waals surface area (Å²) >= 11 is 9.67. The van der Waals surface area contributed by atoms with Crippen LogP contribution in [-0.2, 0) is 6.54 Å². The fraction of sp³-hybridized carbons (Fsp3) is 0.533. The van der Waals surface area contributed by atoms with E-state index >= 15 is 0 Å². The largest absolute Gasteiger partial charge is 0.465 e. The van der Waals surface area contributed by atoms with Gasteiger partial charge in [-0.05, 0) is 54.4 Å². The molecule has 1 heterocycles. The molecule has 21 heavy (non-hydrogen) atoms. The minimum Gasteiger partial charge on any atom is -0.465 e. The molecule has 1 aliphatic rings. The topological polar surface area (TPSA) is 43.8 Å². The SMILES string of the molecule is CN(Cc1cccc(Cl)c1Br)C1(C)CCN(C(=O)O)CC1. The lowest BCUT2D eigenvalue weighted by atomic mass is 9.88. The summed E-state index contributed by atoms with van der Waals surface area (Å²) < 4.78 is 0.935. The van der Waals surface area contributed by atoms with Crippen LogP contribution in [0.5, 0.6) is 0 Å². The molecular weight excluding hydrogens is 356 g/mol. The molecule has 0 bridgehead atoms. The van der Waals surface area contributed by atoms with Gasteiger partial charge in [-0.15, -0.1) is 0 Å². The molecule has 0 saturated carbocycles. The van der Waals surface area contributed by atoms with Gasteiger partial charge in [-0.2, -0.15) is 0 Å². The van der Waals surface area contributed by atoms with E-state index < -0.39 is 6.09 Å². The molecular formula is C15H20BrClN2O2. The predicted molar refractivity (Wildman–Crippen MR) is 87.9 cm³/mol. The molecule has 116 valence electrons. The van der Waals surface area contributed by atoms with E-state index in [1.54, 1.807) is 0 Å². The van der Waals surface area contributed by atoms with Crippen LogP contribution < -0.4 is 0 Å². The Labute approximate surface area is 138 Å². The summed E-state index contributed by atoms with van der Waals surface area (Å²) in [5.74, 6) is 0. The van der Waals surface area contributed by atoms with Gasteiger partial charge in [-0.25, -0.2) is 4.79 Å². The number of amides is 1. The van der Waals surface area contributed by atoms with Crippen molar-refractivity contribution in [3.05, 3.63) is 33.3 Å². The molecule has 0 radical (unpaired) electrons. The summed E-state index contributed by atoms with van der Waals surface area (Å²) in [6.45, 7) is 4.16. The van der Waals surface area contributed by atoms with Gasteiger partial charge in [-0.1, -0.05) is 23.7 Å². The van der Waals surface area contributed by atoms with E-state index in [4.69, 9.17) is 16.7 Å². The number of carbonyl (C=O) groups is 1. The minimum absolute atomic E-state index is 0.00765. The molecule has 0 spiro atoms. The molecule has 0 unspecified atom stereocenters. The van der Waals surface area contributed by atoms with E-state index in [1.807, 2.05) is 12.1 Å². The highest BCUT2D eigenvalue weighted by atomic mass is 79.9. The molecule has 1 aromatic carbocycles. The molecule has 0 aromatic heterocycles. The maximum atomic E-state index is 11.0. The van der Waals surface area contributed by atoms with Crippen LogP contribution in [0.1, 0.15) is 25.3 Å². The second-order valence-electron chi connectivity index (χ2n) is 5.84. The Hall–Kier alpha value is -0.780. The first kappa shape index (κ1) is 16.6. The van der Waals surface area contributed by atoms with E-state index in [2.05, 4.69) is 40.9 Å². The van der Waals surface area contributed by atoms with Gasteiger partial charge >= 0.3 is 6.09 Å². The lowest BCUT2D eigenvalue weighted by Gasteiger charge is -2.44. The van der Waals surface area contributed by atoms with Crippen molar-refractivity contribution < 1.29 is 9.90 Å².